The first-order valence-electron chi connectivity index (χ1n) is 2.37. The van der Waals surface area contributed by atoms with Crippen molar-refractivity contribution >= 4 is 16.1 Å². The van der Waals surface area contributed by atoms with Gasteiger partial charge in [-0.3, -0.25) is 0 Å². The SMILES string of the molecule is O=C([O-])C(F)(F)C(F)(F)S(=O)(=O)[O-].[Li+].[Li+]. The normalized spacial score (nSPS) is 12.3. The van der Waals surface area contributed by atoms with Gasteiger partial charge in [-0.25, -0.2) is 8.42 Å². The van der Waals surface area contributed by atoms with E-state index in [1.54, 1.807) is 0 Å². The molecule has 0 unspecified atom stereocenters. The largest absolute Gasteiger partial charge is 1.00 e. The second kappa shape index (κ2) is 5.57. The van der Waals surface area contributed by atoms with E-state index < -0.39 is 27.3 Å². The molecule has 0 rings (SSSR count). The molecule has 12 heteroatoms. The van der Waals surface area contributed by atoms with Crippen LogP contribution in [0.25, 0.3) is 0 Å². The first-order valence-corrected chi connectivity index (χ1v) is 3.78. The Hall–Kier alpha value is 0.295. The summed E-state index contributed by atoms with van der Waals surface area (Å²) in [6, 6.07) is 0. The summed E-state index contributed by atoms with van der Waals surface area (Å²) in [5.74, 6) is -9.69. The van der Waals surface area contributed by atoms with E-state index >= 15 is 0 Å². The van der Waals surface area contributed by atoms with E-state index in [-0.39, 0.29) is 37.7 Å². The Labute approximate surface area is 105 Å². The zero-order chi connectivity index (χ0) is 11.1. The van der Waals surface area contributed by atoms with Crippen LogP contribution in [0.3, 0.4) is 0 Å². The summed E-state index contributed by atoms with van der Waals surface area (Å²) in [5, 5.41) is 3.15. The van der Waals surface area contributed by atoms with Crippen LogP contribution < -0.4 is 42.8 Å². The van der Waals surface area contributed by atoms with Gasteiger partial charge in [-0.15, -0.1) is 0 Å². The zero-order valence-corrected chi connectivity index (χ0v) is 8.28. The van der Waals surface area contributed by atoms with E-state index in [1.807, 2.05) is 0 Å². The Bertz CT molecular complexity index is 327. The Balaban J connectivity index is -0.000000720. The molecule has 0 aliphatic carbocycles. The van der Waals surface area contributed by atoms with Crippen molar-refractivity contribution in [3.8, 4) is 0 Å². The fourth-order valence-corrected chi connectivity index (χ4v) is 0.673. The van der Waals surface area contributed by atoms with Crippen LogP contribution in [0.5, 0.6) is 0 Å². The van der Waals surface area contributed by atoms with Crippen LogP contribution in [-0.4, -0.2) is 30.1 Å². The fraction of sp³-hybridized carbons (Fsp3) is 0.667. The van der Waals surface area contributed by atoms with Gasteiger partial charge in [0.05, 0.1) is 0 Å². The average Bonchev–Trinajstić information content (AvgIpc) is 1.84. The van der Waals surface area contributed by atoms with Crippen molar-refractivity contribution in [1.82, 2.24) is 0 Å². The average molecular weight is 238 g/mol. The zero-order valence-electron chi connectivity index (χ0n) is 7.46. The van der Waals surface area contributed by atoms with Crippen molar-refractivity contribution in [2.45, 2.75) is 11.2 Å². The number of alkyl halides is 4. The Morgan fingerprint density at radius 1 is 1.07 bits per heavy atom. The van der Waals surface area contributed by atoms with Gasteiger partial charge in [0.25, 0.3) is 0 Å². The molecule has 0 heterocycles. The predicted octanol–water partition coefficient (Wildman–Crippen LogP) is -7.48. The first-order chi connectivity index (χ1) is 5.44. The number of carboxylic acid groups (broad SMARTS) is 1. The van der Waals surface area contributed by atoms with E-state index in [2.05, 4.69) is 0 Å². The molecule has 5 nitrogen and oxygen atoms in total. The van der Waals surface area contributed by atoms with E-state index in [1.165, 1.54) is 0 Å². The third-order valence-corrected chi connectivity index (χ3v) is 1.82. The van der Waals surface area contributed by atoms with Gasteiger partial charge < -0.3 is 14.5 Å². The molecule has 0 aromatic carbocycles. The van der Waals surface area contributed by atoms with Crippen LogP contribution in [0.2, 0.25) is 0 Å². The van der Waals surface area contributed by atoms with E-state index in [0.717, 1.165) is 0 Å². The standard InChI is InChI=1S/C3H2F4O5S.2Li/c4-2(5,1(8)9)3(6,7)13(10,11)12;;/h(H,8,9)(H,10,11,12);;/q;2*+1/p-2. The molecule has 0 aliphatic rings. The first kappa shape index (κ1) is 20.7. The molecule has 0 saturated carbocycles. The van der Waals surface area contributed by atoms with Crippen molar-refractivity contribution in [1.29, 1.82) is 0 Å². The fourth-order valence-electron chi connectivity index (χ4n) is 0.276. The third-order valence-electron chi connectivity index (χ3n) is 0.936. The number of halogens is 4. The van der Waals surface area contributed by atoms with Gasteiger partial charge in [-0.2, -0.15) is 17.6 Å². The molecule has 0 saturated heterocycles. The van der Waals surface area contributed by atoms with Crippen LogP contribution >= 0.6 is 0 Å². The topological polar surface area (TPSA) is 97.3 Å². The summed E-state index contributed by atoms with van der Waals surface area (Å²) in [6.07, 6.45) is 0. The third kappa shape index (κ3) is 3.66. The number of hydrogen-bond donors (Lipinski definition) is 0. The van der Waals surface area contributed by atoms with Crippen molar-refractivity contribution in [2.75, 3.05) is 0 Å². The maximum Gasteiger partial charge on any atom is 1.00 e. The van der Waals surface area contributed by atoms with Gasteiger partial charge >= 0.3 is 48.9 Å². The van der Waals surface area contributed by atoms with Gasteiger partial charge in [-0.1, -0.05) is 0 Å². The summed E-state index contributed by atoms with van der Waals surface area (Å²) in [5.41, 5.74) is 0. The van der Waals surface area contributed by atoms with Gasteiger partial charge in [-0.05, 0) is 0 Å². The summed E-state index contributed by atoms with van der Waals surface area (Å²) in [6.45, 7) is 0. The monoisotopic (exact) mass is 238 g/mol. The molecule has 0 amide bonds. The smallest absolute Gasteiger partial charge is 0.743 e. The molecule has 0 aromatic rings. The minimum Gasteiger partial charge on any atom is -0.743 e. The minimum atomic E-state index is -6.76. The number of carbonyl (C=O) groups is 1. The molecule has 15 heavy (non-hydrogen) atoms. The van der Waals surface area contributed by atoms with E-state index in [9.17, 15) is 40.4 Å². The summed E-state index contributed by atoms with van der Waals surface area (Å²) in [7, 11) is -6.76. The van der Waals surface area contributed by atoms with Crippen molar-refractivity contribution < 1.29 is 78.2 Å². The molecule has 0 N–H and O–H groups in total. The number of rotatable bonds is 3. The summed E-state index contributed by atoms with van der Waals surface area (Å²) < 4.78 is 76.0. The summed E-state index contributed by atoms with van der Waals surface area (Å²) >= 11 is 0. The molecule has 0 fully saturated rings. The minimum absolute atomic E-state index is 0. The molecule has 0 aromatic heterocycles. The van der Waals surface area contributed by atoms with Crippen molar-refractivity contribution in [3.63, 3.8) is 0 Å². The van der Waals surface area contributed by atoms with Gasteiger partial charge in [0.1, 0.15) is 5.97 Å². The predicted molar refractivity (Wildman–Crippen MR) is 24.6 cm³/mol. The number of aliphatic carboxylic acids is 1. The molecule has 0 atom stereocenters. The molecule has 0 aliphatic heterocycles. The summed E-state index contributed by atoms with van der Waals surface area (Å²) in [4.78, 5) is 9.37. The second-order valence-corrected chi connectivity index (χ2v) is 3.25. The quantitative estimate of drug-likeness (QED) is 0.276. The molecule has 0 spiro atoms. The Morgan fingerprint density at radius 3 is 1.40 bits per heavy atom. The Morgan fingerprint density at radius 2 is 1.33 bits per heavy atom. The van der Waals surface area contributed by atoms with Crippen LogP contribution in [0.15, 0.2) is 0 Å². The van der Waals surface area contributed by atoms with Crippen LogP contribution in [-0.2, 0) is 14.9 Å². The van der Waals surface area contributed by atoms with Gasteiger partial charge in [0.2, 0.25) is 0 Å². The maximum atomic E-state index is 11.9. The molecule has 78 valence electrons. The Kier molecular flexibility index (Phi) is 7.68. The second-order valence-electron chi connectivity index (χ2n) is 1.83. The molecule has 0 bridgehead atoms. The van der Waals surface area contributed by atoms with Crippen LogP contribution in [0.4, 0.5) is 17.6 Å². The van der Waals surface area contributed by atoms with E-state index in [4.69, 9.17) is 0 Å². The van der Waals surface area contributed by atoms with Gasteiger partial charge in [0.15, 0.2) is 10.1 Å². The van der Waals surface area contributed by atoms with Crippen molar-refractivity contribution in [3.05, 3.63) is 0 Å². The van der Waals surface area contributed by atoms with Gasteiger partial charge in [0, 0.05) is 0 Å². The van der Waals surface area contributed by atoms with Crippen LogP contribution in [0, 0.1) is 0 Å². The molecular formula is C3F4Li2O5S. The molecule has 0 radical (unpaired) electrons. The maximum absolute atomic E-state index is 11.9. The number of hydrogen-bond acceptors (Lipinski definition) is 5. The number of carboxylic acids is 1. The van der Waals surface area contributed by atoms with E-state index in [0.29, 0.717) is 0 Å². The van der Waals surface area contributed by atoms with Crippen molar-refractivity contribution in [2.24, 2.45) is 0 Å². The number of carbonyl (C=O) groups excluding carboxylic acids is 1. The molecular weight excluding hydrogens is 238 g/mol. The van der Waals surface area contributed by atoms with Crippen LogP contribution in [0.1, 0.15) is 0 Å².